The number of carbonyl (C=O) groups is 1. The standard InChI is InChI=1S/C17H20N2O3S/c1-21-13-8-11-5-6-19(10-16(18)20)17(15-4-3-7-23-15)12(11)9-14(13)22-2/h3-4,7-9,17H,5-6,10H2,1-2H3,(H2,18,20)/p+1/t17-/m1/s1. The van der Waals surface area contributed by atoms with Crippen LogP contribution in [0.1, 0.15) is 22.0 Å². The summed E-state index contributed by atoms with van der Waals surface area (Å²) >= 11 is 1.70. The summed E-state index contributed by atoms with van der Waals surface area (Å²) in [5.74, 6) is 1.19. The van der Waals surface area contributed by atoms with Crippen molar-refractivity contribution >= 4 is 17.2 Å². The molecule has 1 unspecified atom stereocenters. The highest BCUT2D eigenvalue weighted by atomic mass is 32.1. The average molecular weight is 333 g/mol. The molecule has 1 aliphatic heterocycles. The first kappa shape index (κ1) is 15.8. The number of hydrogen-bond donors (Lipinski definition) is 2. The number of fused-ring (bicyclic) bond motifs is 1. The van der Waals surface area contributed by atoms with Crippen LogP contribution in [0.2, 0.25) is 0 Å². The molecule has 2 heterocycles. The maximum absolute atomic E-state index is 11.5. The molecule has 2 aromatic rings. The molecule has 3 rings (SSSR count). The van der Waals surface area contributed by atoms with Crippen LogP contribution in [0.25, 0.3) is 0 Å². The van der Waals surface area contributed by atoms with Gasteiger partial charge in [0, 0.05) is 12.0 Å². The highest BCUT2D eigenvalue weighted by molar-refractivity contribution is 7.10. The zero-order valence-corrected chi connectivity index (χ0v) is 14.1. The molecule has 0 aliphatic carbocycles. The predicted octanol–water partition coefficient (Wildman–Crippen LogP) is 0.781. The number of primary amides is 1. The average Bonchev–Trinajstić information content (AvgIpc) is 3.06. The van der Waals surface area contributed by atoms with Gasteiger partial charge in [0.1, 0.15) is 6.04 Å². The van der Waals surface area contributed by atoms with Crippen molar-refractivity contribution in [1.29, 1.82) is 0 Å². The molecule has 0 bridgehead atoms. The molecule has 23 heavy (non-hydrogen) atoms. The van der Waals surface area contributed by atoms with Crippen LogP contribution in [0.3, 0.4) is 0 Å². The molecule has 1 aromatic heterocycles. The van der Waals surface area contributed by atoms with Crippen molar-refractivity contribution in [3.63, 3.8) is 0 Å². The van der Waals surface area contributed by atoms with E-state index in [0.29, 0.717) is 12.3 Å². The van der Waals surface area contributed by atoms with Crippen LogP contribution in [0.15, 0.2) is 29.6 Å². The van der Waals surface area contributed by atoms with E-state index in [9.17, 15) is 4.79 Å². The third kappa shape index (κ3) is 3.04. The van der Waals surface area contributed by atoms with Crippen molar-refractivity contribution in [3.8, 4) is 11.5 Å². The van der Waals surface area contributed by atoms with E-state index in [2.05, 4.69) is 17.5 Å². The Kier molecular flexibility index (Phi) is 4.54. The Morgan fingerprint density at radius 1 is 1.35 bits per heavy atom. The summed E-state index contributed by atoms with van der Waals surface area (Å²) in [6, 6.07) is 8.35. The summed E-state index contributed by atoms with van der Waals surface area (Å²) in [4.78, 5) is 13.9. The van der Waals surface area contributed by atoms with Crippen LogP contribution >= 0.6 is 11.3 Å². The van der Waals surface area contributed by atoms with Gasteiger partial charge in [0.2, 0.25) is 0 Å². The maximum Gasteiger partial charge on any atom is 0.272 e. The number of ether oxygens (including phenoxy) is 2. The molecular weight excluding hydrogens is 312 g/mol. The van der Waals surface area contributed by atoms with Gasteiger partial charge in [-0.05, 0) is 29.1 Å². The van der Waals surface area contributed by atoms with Crippen molar-refractivity contribution in [3.05, 3.63) is 45.6 Å². The quantitative estimate of drug-likeness (QED) is 0.850. The zero-order chi connectivity index (χ0) is 16.4. The second kappa shape index (κ2) is 6.60. The van der Waals surface area contributed by atoms with E-state index in [-0.39, 0.29) is 11.9 Å². The molecule has 1 amide bonds. The number of nitrogens with two attached hydrogens (primary N) is 1. The van der Waals surface area contributed by atoms with Crippen LogP contribution in [-0.2, 0) is 11.2 Å². The van der Waals surface area contributed by atoms with Crippen molar-refractivity contribution in [2.24, 2.45) is 5.73 Å². The van der Waals surface area contributed by atoms with Gasteiger partial charge < -0.3 is 20.1 Å². The maximum atomic E-state index is 11.5. The number of quaternary nitrogens is 1. The largest absolute Gasteiger partial charge is 0.493 e. The van der Waals surface area contributed by atoms with Crippen molar-refractivity contribution in [2.45, 2.75) is 12.5 Å². The van der Waals surface area contributed by atoms with E-state index in [0.717, 1.165) is 18.7 Å². The molecule has 5 nitrogen and oxygen atoms in total. The SMILES string of the molecule is COc1cc2c(cc1OC)[C@H](c1cccs1)[NH+](CC(N)=O)CC2. The van der Waals surface area contributed by atoms with Gasteiger partial charge in [0.05, 0.1) is 25.6 Å². The van der Waals surface area contributed by atoms with E-state index < -0.39 is 0 Å². The van der Waals surface area contributed by atoms with Gasteiger partial charge >= 0.3 is 0 Å². The lowest BCUT2D eigenvalue weighted by Crippen LogP contribution is -3.14. The number of hydrogen-bond acceptors (Lipinski definition) is 4. The summed E-state index contributed by atoms with van der Waals surface area (Å²) in [6.07, 6.45) is 0.889. The first-order chi connectivity index (χ1) is 11.1. The van der Waals surface area contributed by atoms with Crippen molar-refractivity contribution in [1.82, 2.24) is 0 Å². The van der Waals surface area contributed by atoms with Gasteiger partial charge in [0.25, 0.3) is 5.91 Å². The molecule has 1 aliphatic rings. The number of rotatable bonds is 5. The van der Waals surface area contributed by atoms with Crippen LogP contribution < -0.4 is 20.1 Å². The molecule has 0 saturated heterocycles. The monoisotopic (exact) mass is 333 g/mol. The van der Waals surface area contributed by atoms with Gasteiger partial charge in [-0.15, -0.1) is 11.3 Å². The smallest absolute Gasteiger partial charge is 0.272 e. The predicted molar refractivity (Wildman–Crippen MR) is 89.3 cm³/mol. The van der Waals surface area contributed by atoms with Gasteiger partial charge in [-0.1, -0.05) is 6.07 Å². The number of amides is 1. The Morgan fingerprint density at radius 3 is 2.70 bits per heavy atom. The van der Waals surface area contributed by atoms with Crippen LogP contribution in [0.5, 0.6) is 11.5 Å². The molecule has 0 spiro atoms. The number of thiophene rings is 1. The molecule has 1 aromatic carbocycles. The molecular formula is C17H21N2O3S+. The van der Waals surface area contributed by atoms with E-state index in [1.807, 2.05) is 12.1 Å². The minimum Gasteiger partial charge on any atom is -0.493 e. The number of carbonyl (C=O) groups excluding carboxylic acids is 1. The van der Waals surface area contributed by atoms with Gasteiger partial charge in [0.15, 0.2) is 18.0 Å². The summed E-state index contributed by atoms with van der Waals surface area (Å²) in [6.45, 7) is 1.20. The Hall–Kier alpha value is -2.05. The summed E-state index contributed by atoms with van der Waals surface area (Å²) in [5.41, 5.74) is 7.89. The van der Waals surface area contributed by atoms with Gasteiger partial charge in [-0.25, -0.2) is 0 Å². The first-order valence-corrected chi connectivity index (χ1v) is 8.43. The van der Waals surface area contributed by atoms with Crippen molar-refractivity contribution < 1.29 is 19.2 Å². The zero-order valence-electron chi connectivity index (χ0n) is 13.3. The first-order valence-electron chi connectivity index (χ1n) is 7.55. The van der Waals surface area contributed by atoms with Crippen LogP contribution in [-0.4, -0.2) is 33.2 Å². The Bertz CT molecular complexity index is 700. The van der Waals surface area contributed by atoms with Crippen LogP contribution in [0.4, 0.5) is 0 Å². The third-order valence-corrected chi connectivity index (χ3v) is 5.25. The lowest BCUT2D eigenvalue weighted by atomic mass is 9.91. The summed E-state index contributed by atoms with van der Waals surface area (Å²) in [5, 5.41) is 2.06. The van der Waals surface area contributed by atoms with Crippen LogP contribution in [0, 0.1) is 0 Å². The molecule has 0 radical (unpaired) electrons. The Morgan fingerprint density at radius 2 is 2.09 bits per heavy atom. The van der Waals surface area contributed by atoms with Crippen molar-refractivity contribution in [2.75, 3.05) is 27.3 Å². The fourth-order valence-corrected chi connectivity index (χ4v) is 4.21. The molecule has 0 saturated carbocycles. The molecule has 6 heteroatoms. The third-order valence-electron chi connectivity index (χ3n) is 4.31. The van der Waals surface area contributed by atoms with Gasteiger partial charge in [-0.3, -0.25) is 4.79 Å². The fourth-order valence-electron chi connectivity index (χ4n) is 3.31. The minimum absolute atomic E-state index is 0.103. The number of benzene rings is 1. The molecule has 0 fully saturated rings. The molecule has 3 N–H and O–H groups in total. The fraction of sp³-hybridized carbons (Fsp3) is 0.353. The minimum atomic E-state index is -0.273. The topological polar surface area (TPSA) is 66.0 Å². The van der Waals surface area contributed by atoms with E-state index in [1.165, 1.54) is 20.9 Å². The van der Waals surface area contributed by atoms with E-state index in [4.69, 9.17) is 15.2 Å². The Balaban J connectivity index is 2.10. The number of methoxy groups -OCH3 is 2. The molecule has 2 atom stereocenters. The normalized spacial score (nSPS) is 19.9. The van der Waals surface area contributed by atoms with E-state index in [1.54, 1.807) is 25.6 Å². The Labute approximate surface area is 139 Å². The summed E-state index contributed by atoms with van der Waals surface area (Å²) in [7, 11) is 3.29. The summed E-state index contributed by atoms with van der Waals surface area (Å²) < 4.78 is 10.9. The second-order valence-electron chi connectivity index (χ2n) is 5.66. The lowest BCUT2D eigenvalue weighted by molar-refractivity contribution is -0.919. The number of nitrogens with one attached hydrogen (secondary N) is 1. The second-order valence-corrected chi connectivity index (χ2v) is 6.64. The van der Waals surface area contributed by atoms with Gasteiger partial charge in [-0.2, -0.15) is 0 Å². The lowest BCUT2D eigenvalue weighted by Gasteiger charge is -2.33. The van der Waals surface area contributed by atoms with E-state index >= 15 is 0 Å². The molecule has 122 valence electrons. The highest BCUT2D eigenvalue weighted by Crippen LogP contribution is 2.36. The highest BCUT2D eigenvalue weighted by Gasteiger charge is 2.35.